The molecule has 6 heteroatoms. The van der Waals surface area contributed by atoms with Gasteiger partial charge in [0.25, 0.3) is 0 Å². The normalized spacial score (nSPS) is 15.0. The van der Waals surface area contributed by atoms with Crippen molar-refractivity contribution in [2.24, 2.45) is 0 Å². The van der Waals surface area contributed by atoms with Crippen molar-refractivity contribution in [3.8, 4) is 17.3 Å². The number of anilines is 1. The van der Waals surface area contributed by atoms with Gasteiger partial charge in [-0.2, -0.15) is 5.26 Å². The molecule has 0 amide bonds. The first-order valence-electron chi connectivity index (χ1n) is 8.10. The lowest BCUT2D eigenvalue weighted by atomic mass is 10.1. The maximum Gasteiger partial charge on any atom is 0.189 e. The largest absolute Gasteiger partial charge is 0.355 e. The van der Waals surface area contributed by atoms with Gasteiger partial charge in [0.1, 0.15) is 11.6 Å². The van der Waals surface area contributed by atoms with Crippen LogP contribution >= 0.6 is 23.4 Å². The van der Waals surface area contributed by atoms with Crippen LogP contribution < -0.4 is 4.90 Å². The summed E-state index contributed by atoms with van der Waals surface area (Å²) in [6.45, 7) is 1.89. The van der Waals surface area contributed by atoms with Gasteiger partial charge in [-0.05, 0) is 31.2 Å². The molecule has 0 aliphatic carbocycles. The summed E-state index contributed by atoms with van der Waals surface area (Å²) in [5, 5.41) is 11.2. The smallest absolute Gasteiger partial charge is 0.189 e. The Balaban J connectivity index is 2.12. The Morgan fingerprint density at radius 2 is 1.75 bits per heavy atom. The van der Waals surface area contributed by atoms with Crippen LogP contribution in [0.4, 0.5) is 5.82 Å². The Hall–Kier alpha value is -1.77. The van der Waals surface area contributed by atoms with Gasteiger partial charge in [-0.1, -0.05) is 48.3 Å². The number of halogens is 1. The maximum atomic E-state index is 9.79. The van der Waals surface area contributed by atoms with E-state index in [2.05, 4.69) is 20.9 Å². The third-order valence-electron chi connectivity index (χ3n) is 4.19. The van der Waals surface area contributed by atoms with Crippen LogP contribution in [0.3, 0.4) is 0 Å². The molecule has 0 spiro atoms. The molecule has 0 radical (unpaired) electrons. The van der Waals surface area contributed by atoms with E-state index in [-0.39, 0.29) is 0 Å². The minimum atomic E-state index is 0.553. The molecule has 1 fully saturated rings. The molecule has 1 saturated heterocycles. The van der Waals surface area contributed by atoms with Crippen molar-refractivity contribution >= 4 is 29.2 Å². The summed E-state index contributed by atoms with van der Waals surface area (Å²) in [7, 11) is 0. The van der Waals surface area contributed by atoms with Gasteiger partial charge in [-0.3, -0.25) is 0 Å². The highest BCUT2D eigenvalue weighted by atomic mass is 35.5. The second kappa shape index (κ2) is 7.87. The van der Waals surface area contributed by atoms with Crippen LogP contribution in [0.5, 0.6) is 0 Å². The molecule has 2 aromatic rings. The molecule has 0 N–H and O–H groups in total. The van der Waals surface area contributed by atoms with Crippen molar-refractivity contribution in [2.75, 3.05) is 24.2 Å². The molecule has 0 bridgehead atoms. The van der Waals surface area contributed by atoms with Crippen molar-refractivity contribution < 1.29 is 0 Å². The molecule has 2 heterocycles. The van der Waals surface area contributed by atoms with E-state index in [4.69, 9.17) is 11.6 Å². The summed E-state index contributed by atoms with van der Waals surface area (Å²) in [6.07, 6.45) is 6.71. The summed E-state index contributed by atoms with van der Waals surface area (Å²) < 4.78 is 0. The molecule has 4 nitrogen and oxygen atoms in total. The fourth-order valence-electron chi connectivity index (χ4n) is 2.95. The Bertz CT molecular complexity index is 747. The van der Waals surface area contributed by atoms with Gasteiger partial charge in [0.05, 0.1) is 5.69 Å². The van der Waals surface area contributed by atoms with Gasteiger partial charge in [0, 0.05) is 23.7 Å². The number of benzene rings is 1. The second-order valence-electron chi connectivity index (χ2n) is 5.78. The maximum absolute atomic E-state index is 9.79. The highest BCUT2D eigenvalue weighted by Gasteiger charge is 2.21. The van der Waals surface area contributed by atoms with Crippen molar-refractivity contribution in [2.45, 2.75) is 30.8 Å². The Labute approximate surface area is 151 Å². The summed E-state index contributed by atoms with van der Waals surface area (Å²) in [4.78, 5) is 11.5. The minimum Gasteiger partial charge on any atom is -0.355 e. The molecule has 1 aliphatic rings. The fourth-order valence-corrected chi connectivity index (χ4v) is 3.44. The zero-order valence-corrected chi connectivity index (χ0v) is 15.2. The lowest BCUT2D eigenvalue weighted by molar-refractivity contribution is 0.726. The Kier molecular flexibility index (Phi) is 5.60. The van der Waals surface area contributed by atoms with Crippen LogP contribution in [0, 0.1) is 11.3 Å². The van der Waals surface area contributed by atoms with Gasteiger partial charge in [-0.25, -0.2) is 9.97 Å². The van der Waals surface area contributed by atoms with Crippen molar-refractivity contribution in [3.63, 3.8) is 0 Å². The molecule has 0 atom stereocenters. The van der Waals surface area contributed by atoms with Crippen molar-refractivity contribution in [1.82, 2.24) is 9.97 Å². The predicted octanol–water partition coefficient (Wildman–Crippen LogP) is 4.77. The van der Waals surface area contributed by atoms with E-state index in [1.165, 1.54) is 24.6 Å². The molecular formula is C18H19ClN4S. The molecule has 1 aliphatic heterocycles. The summed E-state index contributed by atoms with van der Waals surface area (Å²) in [5.74, 6) is 0.767. The monoisotopic (exact) mass is 358 g/mol. The summed E-state index contributed by atoms with van der Waals surface area (Å²) in [5.41, 5.74) is 2.13. The van der Waals surface area contributed by atoms with Crippen LogP contribution in [-0.2, 0) is 0 Å². The third-order valence-corrected chi connectivity index (χ3v) is 4.99. The molecular weight excluding hydrogens is 340 g/mol. The number of rotatable bonds is 3. The van der Waals surface area contributed by atoms with Gasteiger partial charge in [0.15, 0.2) is 11.0 Å². The second-order valence-corrected chi connectivity index (χ2v) is 6.99. The van der Waals surface area contributed by atoms with Gasteiger partial charge >= 0.3 is 0 Å². The molecule has 124 valence electrons. The van der Waals surface area contributed by atoms with E-state index < -0.39 is 0 Å². The molecule has 0 saturated carbocycles. The SMILES string of the molecule is CSc1nc(-c2ccc(Cl)cc2)c(C#N)c(N2CCCCCC2)n1. The number of hydrogen-bond donors (Lipinski definition) is 0. The van der Waals surface area contributed by atoms with Crippen molar-refractivity contribution in [3.05, 3.63) is 34.9 Å². The third kappa shape index (κ3) is 3.66. The minimum absolute atomic E-state index is 0.553. The highest BCUT2D eigenvalue weighted by Crippen LogP contribution is 2.32. The van der Waals surface area contributed by atoms with Crippen molar-refractivity contribution in [1.29, 1.82) is 5.26 Å². The molecule has 3 rings (SSSR count). The van der Waals surface area contributed by atoms with E-state index >= 15 is 0 Å². The average molecular weight is 359 g/mol. The molecule has 0 unspecified atom stereocenters. The number of aromatic nitrogens is 2. The Morgan fingerprint density at radius 1 is 1.08 bits per heavy atom. The lowest BCUT2D eigenvalue weighted by Gasteiger charge is -2.23. The number of nitrogens with zero attached hydrogens (tertiary/aromatic N) is 4. The van der Waals surface area contributed by atoms with E-state index in [0.29, 0.717) is 21.4 Å². The zero-order valence-electron chi connectivity index (χ0n) is 13.6. The first kappa shape index (κ1) is 17.1. The molecule has 1 aromatic carbocycles. The summed E-state index contributed by atoms with van der Waals surface area (Å²) in [6, 6.07) is 9.79. The number of thioether (sulfide) groups is 1. The molecule has 1 aromatic heterocycles. The van der Waals surface area contributed by atoms with Gasteiger partial charge in [-0.15, -0.1) is 0 Å². The van der Waals surface area contributed by atoms with Crippen LogP contribution in [0.2, 0.25) is 5.02 Å². The Morgan fingerprint density at radius 3 is 2.33 bits per heavy atom. The number of hydrogen-bond acceptors (Lipinski definition) is 5. The van der Waals surface area contributed by atoms with E-state index in [0.717, 1.165) is 37.3 Å². The first-order chi connectivity index (χ1) is 11.7. The van der Waals surface area contributed by atoms with E-state index in [1.54, 1.807) is 0 Å². The quantitative estimate of drug-likeness (QED) is 0.584. The van der Waals surface area contributed by atoms with E-state index in [1.807, 2.05) is 30.5 Å². The van der Waals surface area contributed by atoms with Gasteiger partial charge in [0.2, 0.25) is 0 Å². The van der Waals surface area contributed by atoms with Crippen LogP contribution in [0.15, 0.2) is 29.4 Å². The highest BCUT2D eigenvalue weighted by molar-refractivity contribution is 7.98. The first-order valence-corrected chi connectivity index (χ1v) is 9.70. The molecule has 24 heavy (non-hydrogen) atoms. The van der Waals surface area contributed by atoms with Crippen LogP contribution in [-0.4, -0.2) is 29.3 Å². The van der Waals surface area contributed by atoms with Crippen LogP contribution in [0.1, 0.15) is 31.2 Å². The topological polar surface area (TPSA) is 52.8 Å². The van der Waals surface area contributed by atoms with Gasteiger partial charge < -0.3 is 4.90 Å². The lowest BCUT2D eigenvalue weighted by Crippen LogP contribution is -2.26. The summed E-state index contributed by atoms with van der Waals surface area (Å²) >= 11 is 7.49. The predicted molar refractivity (Wildman–Crippen MR) is 99.7 cm³/mol. The standard InChI is InChI=1S/C18H19ClN4S/c1-24-18-21-16(13-6-8-14(19)9-7-13)15(12-20)17(22-18)23-10-4-2-3-5-11-23/h6-9H,2-5,10-11H2,1H3. The van der Waals surface area contributed by atoms with Crippen LogP contribution in [0.25, 0.3) is 11.3 Å². The fraction of sp³-hybridized carbons (Fsp3) is 0.389. The average Bonchev–Trinajstić information content (AvgIpc) is 2.90. The zero-order chi connectivity index (χ0) is 16.9. The van der Waals surface area contributed by atoms with E-state index in [9.17, 15) is 5.26 Å². The number of nitriles is 1.